The van der Waals surface area contributed by atoms with Crippen LogP contribution in [0.3, 0.4) is 0 Å². The highest BCUT2D eigenvalue weighted by molar-refractivity contribution is 8.00. The van der Waals surface area contributed by atoms with Crippen molar-refractivity contribution in [2.45, 2.75) is 55.8 Å². The van der Waals surface area contributed by atoms with Crippen LogP contribution in [0.4, 0.5) is 0 Å². The predicted molar refractivity (Wildman–Crippen MR) is 126 cm³/mol. The fourth-order valence-electron chi connectivity index (χ4n) is 2.59. The largest absolute Gasteiger partial charge is 0.413 e. The number of benzene rings is 2. The maximum Gasteiger partial charge on any atom is 0.192 e. The van der Waals surface area contributed by atoms with Crippen molar-refractivity contribution < 1.29 is 4.43 Å². The Hall–Kier alpha value is -1.33. The highest BCUT2D eigenvalue weighted by atomic mass is 35.5. The molecule has 1 aliphatic heterocycles. The van der Waals surface area contributed by atoms with Gasteiger partial charge < -0.3 is 4.43 Å². The molecule has 5 heteroatoms. The van der Waals surface area contributed by atoms with Gasteiger partial charge in [-0.05, 0) is 59.6 Å². The van der Waals surface area contributed by atoms with Crippen LogP contribution in [0.1, 0.15) is 37.5 Å². The van der Waals surface area contributed by atoms with Crippen molar-refractivity contribution in [3.63, 3.8) is 0 Å². The molecule has 0 N–H and O–H groups in total. The Bertz CT molecular complexity index is 902. The lowest BCUT2D eigenvalue weighted by Gasteiger charge is -2.36. The van der Waals surface area contributed by atoms with Gasteiger partial charge >= 0.3 is 0 Å². The molecule has 1 aliphatic rings. The van der Waals surface area contributed by atoms with Crippen molar-refractivity contribution in [3.05, 3.63) is 70.3 Å². The van der Waals surface area contributed by atoms with Crippen LogP contribution in [0, 0.1) is 0 Å². The summed E-state index contributed by atoms with van der Waals surface area (Å²) in [6, 6.07) is 14.5. The van der Waals surface area contributed by atoms with E-state index in [1.165, 1.54) is 16.0 Å². The van der Waals surface area contributed by atoms with Gasteiger partial charge in [-0.3, -0.25) is 4.99 Å². The lowest BCUT2D eigenvalue weighted by atomic mass is 10.1. The molecule has 0 spiro atoms. The average molecular weight is 430 g/mol. The maximum atomic E-state index is 6.35. The second kappa shape index (κ2) is 8.58. The number of rotatable bonds is 5. The van der Waals surface area contributed by atoms with E-state index in [4.69, 9.17) is 16.0 Å². The second-order valence-corrected chi connectivity index (χ2v) is 15.0. The van der Waals surface area contributed by atoms with Crippen LogP contribution in [0.5, 0.6) is 0 Å². The van der Waals surface area contributed by atoms with Gasteiger partial charge in [-0.1, -0.05) is 68.4 Å². The third kappa shape index (κ3) is 5.38. The molecule has 0 aromatic heterocycles. The normalized spacial score (nSPS) is 17.1. The summed E-state index contributed by atoms with van der Waals surface area (Å²) in [6.07, 6.45) is 6.20. The van der Waals surface area contributed by atoms with Crippen LogP contribution in [0.15, 0.2) is 58.4 Å². The van der Waals surface area contributed by atoms with E-state index in [0.29, 0.717) is 6.61 Å². The van der Waals surface area contributed by atoms with Gasteiger partial charge in [-0.2, -0.15) is 0 Å². The second-order valence-electron chi connectivity index (χ2n) is 8.62. The summed E-state index contributed by atoms with van der Waals surface area (Å²) in [7, 11) is -1.74. The first-order valence-corrected chi connectivity index (χ1v) is 13.7. The van der Waals surface area contributed by atoms with Gasteiger partial charge in [0.25, 0.3) is 0 Å². The maximum absolute atomic E-state index is 6.35. The minimum atomic E-state index is -1.74. The molecule has 1 unspecified atom stereocenters. The van der Waals surface area contributed by atoms with Gasteiger partial charge in [0, 0.05) is 21.7 Å². The van der Waals surface area contributed by atoms with E-state index in [2.05, 4.69) is 81.3 Å². The lowest BCUT2D eigenvalue weighted by Crippen LogP contribution is -2.40. The molecule has 1 atom stereocenters. The fourth-order valence-corrected chi connectivity index (χ4v) is 4.67. The quantitative estimate of drug-likeness (QED) is 0.461. The van der Waals surface area contributed by atoms with E-state index in [1.54, 1.807) is 11.8 Å². The highest BCUT2D eigenvalue weighted by Gasteiger charge is 2.36. The number of aliphatic imine (C=N–C) groups is 1. The number of nitrogens with zero attached hydrogens (tertiary/aromatic N) is 1. The third-order valence-corrected chi connectivity index (χ3v) is 11.2. The van der Waals surface area contributed by atoms with Gasteiger partial charge in [-0.25, -0.2) is 0 Å². The Morgan fingerprint density at radius 2 is 1.96 bits per heavy atom. The third-order valence-electron chi connectivity index (χ3n) is 5.39. The van der Waals surface area contributed by atoms with Crippen LogP contribution < -0.4 is 0 Å². The van der Waals surface area contributed by atoms with Crippen molar-refractivity contribution in [3.8, 4) is 0 Å². The first kappa shape index (κ1) is 21.4. The molecule has 2 aromatic carbocycles. The molecule has 2 aromatic rings. The molecule has 1 heterocycles. The van der Waals surface area contributed by atoms with Gasteiger partial charge in [0.1, 0.15) is 5.37 Å². The highest BCUT2D eigenvalue weighted by Crippen LogP contribution is 2.37. The van der Waals surface area contributed by atoms with Gasteiger partial charge in [0.15, 0.2) is 8.32 Å². The molecule has 0 saturated carbocycles. The average Bonchev–Trinajstić information content (AvgIpc) is 2.64. The molecule has 148 valence electrons. The zero-order valence-electron chi connectivity index (χ0n) is 17.2. The van der Waals surface area contributed by atoms with Crippen LogP contribution in [0.25, 0.3) is 6.08 Å². The minimum absolute atomic E-state index is 0.0841. The number of thioether (sulfide) groups is 1. The Kier molecular flexibility index (Phi) is 6.55. The molecule has 0 aliphatic carbocycles. The van der Waals surface area contributed by atoms with E-state index in [0.717, 1.165) is 10.6 Å². The smallest absolute Gasteiger partial charge is 0.192 e. The van der Waals surface area contributed by atoms with Crippen LogP contribution >= 0.6 is 23.4 Å². The van der Waals surface area contributed by atoms with E-state index in [1.807, 2.05) is 18.3 Å². The molecule has 0 saturated heterocycles. The summed E-state index contributed by atoms with van der Waals surface area (Å²) in [6.45, 7) is 12.1. The SMILES string of the molecule is CC(C)(C)[Si](C)(C)OCc1cccc(/C=C/C2N=Cc3cc(Cl)ccc3S2)c1. The summed E-state index contributed by atoms with van der Waals surface area (Å²) < 4.78 is 6.35. The number of hydrogen-bond donors (Lipinski definition) is 0. The Labute approximate surface area is 179 Å². The number of halogens is 1. The zero-order valence-corrected chi connectivity index (χ0v) is 19.8. The molecule has 0 amide bonds. The number of fused-ring (bicyclic) bond motifs is 1. The monoisotopic (exact) mass is 429 g/mol. The standard InChI is InChI=1S/C23H28ClNOSSi/c1-23(2,3)28(4,5)26-16-18-8-6-7-17(13-18)9-12-22-25-15-19-14-20(24)10-11-21(19)27-22/h6-15,22H,16H2,1-5H3/b12-9+. The fraction of sp³-hybridized carbons (Fsp3) is 0.348. The molecule has 3 rings (SSSR count). The number of hydrogen-bond acceptors (Lipinski definition) is 3. The minimum Gasteiger partial charge on any atom is -0.413 e. The van der Waals surface area contributed by atoms with Gasteiger partial charge in [0.05, 0.1) is 6.61 Å². The molecule has 2 nitrogen and oxygen atoms in total. The van der Waals surface area contributed by atoms with Crippen molar-refractivity contribution in [2.24, 2.45) is 4.99 Å². The van der Waals surface area contributed by atoms with Gasteiger partial charge in [0.2, 0.25) is 0 Å². The molecule has 0 bridgehead atoms. The van der Waals surface area contributed by atoms with Crippen molar-refractivity contribution in [1.82, 2.24) is 0 Å². The Balaban J connectivity index is 1.64. The Morgan fingerprint density at radius 3 is 2.71 bits per heavy atom. The van der Waals surface area contributed by atoms with Crippen molar-refractivity contribution in [1.29, 1.82) is 0 Å². The molecular weight excluding hydrogens is 402 g/mol. The van der Waals surface area contributed by atoms with Crippen LogP contribution in [-0.4, -0.2) is 19.9 Å². The zero-order chi connectivity index (χ0) is 20.4. The summed E-state index contributed by atoms with van der Waals surface area (Å²) in [4.78, 5) is 5.83. The van der Waals surface area contributed by atoms with E-state index in [-0.39, 0.29) is 10.4 Å². The summed E-state index contributed by atoms with van der Waals surface area (Å²) in [5.74, 6) is 0. The van der Waals surface area contributed by atoms with Crippen molar-refractivity contribution in [2.75, 3.05) is 0 Å². The molecule has 0 radical (unpaired) electrons. The summed E-state index contributed by atoms with van der Waals surface area (Å²) >= 11 is 7.80. The first-order valence-electron chi connectivity index (χ1n) is 9.54. The summed E-state index contributed by atoms with van der Waals surface area (Å²) in [5, 5.41) is 1.05. The van der Waals surface area contributed by atoms with Crippen LogP contribution in [-0.2, 0) is 11.0 Å². The first-order chi connectivity index (χ1) is 13.1. The topological polar surface area (TPSA) is 21.6 Å². The van der Waals surface area contributed by atoms with E-state index < -0.39 is 8.32 Å². The van der Waals surface area contributed by atoms with Gasteiger partial charge in [-0.15, -0.1) is 0 Å². The van der Waals surface area contributed by atoms with E-state index in [9.17, 15) is 0 Å². The molecule has 28 heavy (non-hydrogen) atoms. The Morgan fingerprint density at radius 1 is 1.18 bits per heavy atom. The van der Waals surface area contributed by atoms with Crippen LogP contribution in [0.2, 0.25) is 23.2 Å². The predicted octanol–water partition coefficient (Wildman–Crippen LogP) is 7.43. The molecule has 0 fully saturated rings. The lowest BCUT2D eigenvalue weighted by molar-refractivity contribution is 0.276. The van der Waals surface area contributed by atoms with Crippen molar-refractivity contribution >= 4 is 44.0 Å². The molecular formula is C23H28ClNOSSi. The van der Waals surface area contributed by atoms with E-state index >= 15 is 0 Å². The summed E-state index contributed by atoms with van der Waals surface area (Å²) in [5.41, 5.74) is 3.48.